The number of piperidine rings is 1. The molecule has 0 aliphatic carbocycles. The first-order chi connectivity index (χ1) is 8.18. The number of nitrogens with two attached hydrogens (primary N) is 1. The lowest BCUT2D eigenvalue weighted by Crippen LogP contribution is -2.40. The third-order valence-corrected chi connectivity index (χ3v) is 3.65. The van der Waals surface area contributed by atoms with Crippen LogP contribution in [0.4, 0.5) is 0 Å². The minimum absolute atomic E-state index is 0.0315. The van der Waals surface area contributed by atoms with E-state index in [-0.39, 0.29) is 6.04 Å². The van der Waals surface area contributed by atoms with Gasteiger partial charge in [-0.2, -0.15) is 0 Å². The van der Waals surface area contributed by atoms with E-state index in [0.717, 1.165) is 23.7 Å². The standard InChI is InChI=1S/C13H17ClN2S/c14-11-6-4-5-10(9-11)12(13(15)17)16-7-2-1-3-8-16/h4-6,9,12H,1-3,7-8H2,(H2,15,17). The molecule has 1 aliphatic rings. The Bertz CT molecular complexity index is 402. The Kier molecular flexibility index (Phi) is 4.37. The van der Waals surface area contributed by atoms with Gasteiger partial charge in [-0.3, -0.25) is 4.90 Å². The van der Waals surface area contributed by atoms with Crippen LogP contribution < -0.4 is 5.73 Å². The van der Waals surface area contributed by atoms with Gasteiger partial charge in [-0.05, 0) is 43.6 Å². The minimum Gasteiger partial charge on any atom is -0.392 e. The van der Waals surface area contributed by atoms with E-state index >= 15 is 0 Å². The summed E-state index contributed by atoms with van der Waals surface area (Å²) in [5, 5.41) is 0.737. The van der Waals surface area contributed by atoms with Crippen molar-refractivity contribution in [2.75, 3.05) is 13.1 Å². The molecule has 0 saturated carbocycles. The maximum Gasteiger partial charge on any atom is 0.0948 e. The monoisotopic (exact) mass is 268 g/mol. The van der Waals surface area contributed by atoms with Gasteiger partial charge in [0.25, 0.3) is 0 Å². The van der Waals surface area contributed by atoms with Gasteiger partial charge in [0, 0.05) is 5.02 Å². The molecule has 92 valence electrons. The Hall–Kier alpha value is -0.640. The van der Waals surface area contributed by atoms with Crippen LogP contribution in [0.5, 0.6) is 0 Å². The van der Waals surface area contributed by atoms with Crippen LogP contribution in [-0.4, -0.2) is 23.0 Å². The Morgan fingerprint density at radius 3 is 2.59 bits per heavy atom. The summed E-state index contributed by atoms with van der Waals surface area (Å²) in [6, 6.07) is 7.86. The number of thiocarbonyl (C=S) groups is 1. The van der Waals surface area contributed by atoms with E-state index in [1.807, 2.05) is 24.3 Å². The molecule has 0 aromatic heterocycles. The smallest absolute Gasteiger partial charge is 0.0948 e. The molecule has 1 fully saturated rings. The summed E-state index contributed by atoms with van der Waals surface area (Å²) < 4.78 is 0. The van der Waals surface area contributed by atoms with Gasteiger partial charge in [0.1, 0.15) is 0 Å². The van der Waals surface area contributed by atoms with Crippen molar-refractivity contribution in [3.63, 3.8) is 0 Å². The summed E-state index contributed by atoms with van der Waals surface area (Å²) in [6.07, 6.45) is 3.75. The molecule has 1 heterocycles. The zero-order valence-electron chi connectivity index (χ0n) is 9.73. The molecule has 0 spiro atoms. The molecule has 2 rings (SSSR count). The van der Waals surface area contributed by atoms with Crippen molar-refractivity contribution in [1.82, 2.24) is 4.90 Å². The molecular formula is C13H17ClN2S. The highest BCUT2D eigenvalue weighted by molar-refractivity contribution is 7.80. The van der Waals surface area contributed by atoms with E-state index in [9.17, 15) is 0 Å². The topological polar surface area (TPSA) is 29.3 Å². The molecule has 1 aromatic carbocycles. The van der Waals surface area contributed by atoms with Crippen molar-refractivity contribution in [2.24, 2.45) is 5.73 Å². The second-order valence-electron chi connectivity index (χ2n) is 4.46. The Morgan fingerprint density at radius 1 is 1.29 bits per heavy atom. The van der Waals surface area contributed by atoms with Crippen LogP contribution in [-0.2, 0) is 0 Å². The van der Waals surface area contributed by atoms with Crippen LogP contribution in [0.25, 0.3) is 0 Å². The first kappa shape index (κ1) is 12.8. The molecule has 1 atom stereocenters. The van der Waals surface area contributed by atoms with E-state index in [4.69, 9.17) is 29.6 Å². The van der Waals surface area contributed by atoms with Crippen molar-refractivity contribution in [3.8, 4) is 0 Å². The lowest BCUT2D eigenvalue weighted by molar-refractivity contribution is 0.203. The predicted molar refractivity (Wildman–Crippen MR) is 76.4 cm³/mol. The quantitative estimate of drug-likeness (QED) is 0.854. The molecule has 1 saturated heterocycles. The molecule has 17 heavy (non-hydrogen) atoms. The summed E-state index contributed by atoms with van der Waals surface area (Å²) in [4.78, 5) is 2.89. The maximum absolute atomic E-state index is 6.03. The summed E-state index contributed by atoms with van der Waals surface area (Å²) >= 11 is 11.2. The third kappa shape index (κ3) is 3.18. The molecule has 1 unspecified atom stereocenters. The second-order valence-corrected chi connectivity index (χ2v) is 5.36. The molecule has 0 amide bonds. The minimum atomic E-state index is 0.0315. The summed E-state index contributed by atoms with van der Waals surface area (Å²) in [7, 11) is 0. The van der Waals surface area contributed by atoms with Gasteiger partial charge in [-0.15, -0.1) is 0 Å². The fraction of sp³-hybridized carbons (Fsp3) is 0.462. The highest BCUT2D eigenvalue weighted by atomic mass is 35.5. The van der Waals surface area contributed by atoms with E-state index in [1.54, 1.807) is 0 Å². The highest BCUT2D eigenvalue weighted by Crippen LogP contribution is 2.26. The molecule has 4 heteroatoms. The second kappa shape index (κ2) is 5.80. The molecule has 1 aliphatic heterocycles. The van der Waals surface area contributed by atoms with Gasteiger partial charge >= 0.3 is 0 Å². The number of hydrogen-bond donors (Lipinski definition) is 1. The first-order valence-corrected chi connectivity index (χ1v) is 6.76. The predicted octanol–water partition coefficient (Wildman–Crippen LogP) is 3.15. The van der Waals surface area contributed by atoms with Crippen LogP contribution in [0.1, 0.15) is 30.9 Å². The zero-order chi connectivity index (χ0) is 12.3. The van der Waals surface area contributed by atoms with E-state index < -0.39 is 0 Å². The number of likely N-dealkylation sites (tertiary alicyclic amines) is 1. The molecule has 2 nitrogen and oxygen atoms in total. The lowest BCUT2D eigenvalue weighted by Gasteiger charge is -2.34. The number of nitrogens with zero attached hydrogens (tertiary/aromatic N) is 1. The Balaban J connectivity index is 2.25. The molecule has 0 bridgehead atoms. The van der Waals surface area contributed by atoms with E-state index in [2.05, 4.69) is 4.90 Å². The molecule has 0 radical (unpaired) electrons. The fourth-order valence-electron chi connectivity index (χ4n) is 2.41. The SMILES string of the molecule is NC(=S)C(c1cccc(Cl)c1)N1CCCCC1. The molecule has 2 N–H and O–H groups in total. The molecular weight excluding hydrogens is 252 g/mol. The third-order valence-electron chi connectivity index (χ3n) is 3.19. The Labute approximate surface area is 113 Å². The summed E-state index contributed by atoms with van der Waals surface area (Å²) in [5.74, 6) is 0. The van der Waals surface area contributed by atoms with Gasteiger partial charge in [0.05, 0.1) is 11.0 Å². The molecule has 1 aromatic rings. The van der Waals surface area contributed by atoms with Gasteiger partial charge in [0.15, 0.2) is 0 Å². The van der Waals surface area contributed by atoms with Crippen molar-refractivity contribution >= 4 is 28.8 Å². The van der Waals surface area contributed by atoms with Gasteiger partial charge in [-0.25, -0.2) is 0 Å². The number of benzene rings is 1. The average molecular weight is 269 g/mol. The number of rotatable bonds is 3. The van der Waals surface area contributed by atoms with E-state index in [0.29, 0.717) is 4.99 Å². The van der Waals surface area contributed by atoms with Crippen LogP contribution in [0.3, 0.4) is 0 Å². The number of hydrogen-bond acceptors (Lipinski definition) is 2. The van der Waals surface area contributed by atoms with E-state index in [1.165, 1.54) is 19.3 Å². The number of halogens is 1. The Morgan fingerprint density at radius 2 is 2.00 bits per heavy atom. The van der Waals surface area contributed by atoms with Crippen molar-refractivity contribution < 1.29 is 0 Å². The van der Waals surface area contributed by atoms with Gasteiger partial charge < -0.3 is 5.73 Å². The fourth-order valence-corrected chi connectivity index (χ4v) is 2.89. The maximum atomic E-state index is 6.03. The zero-order valence-corrected chi connectivity index (χ0v) is 11.3. The van der Waals surface area contributed by atoms with Crippen molar-refractivity contribution in [3.05, 3.63) is 34.9 Å². The van der Waals surface area contributed by atoms with Crippen LogP contribution in [0, 0.1) is 0 Å². The van der Waals surface area contributed by atoms with Crippen molar-refractivity contribution in [2.45, 2.75) is 25.3 Å². The van der Waals surface area contributed by atoms with Crippen LogP contribution in [0.2, 0.25) is 5.02 Å². The van der Waals surface area contributed by atoms with Gasteiger partial charge in [0.2, 0.25) is 0 Å². The summed E-state index contributed by atoms with van der Waals surface area (Å²) in [5.41, 5.74) is 7.00. The normalized spacial score (nSPS) is 18.9. The largest absolute Gasteiger partial charge is 0.392 e. The van der Waals surface area contributed by atoms with Gasteiger partial charge in [-0.1, -0.05) is 42.4 Å². The lowest BCUT2D eigenvalue weighted by atomic mass is 10.0. The van der Waals surface area contributed by atoms with Crippen LogP contribution >= 0.6 is 23.8 Å². The van der Waals surface area contributed by atoms with Crippen LogP contribution in [0.15, 0.2) is 24.3 Å². The summed E-state index contributed by atoms with van der Waals surface area (Å²) in [6.45, 7) is 2.13. The average Bonchev–Trinajstić information content (AvgIpc) is 2.30. The highest BCUT2D eigenvalue weighted by Gasteiger charge is 2.24. The van der Waals surface area contributed by atoms with Crippen molar-refractivity contribution in [1.29, 1.82) is 0 Å². The first-order valence-electron chi connectivity index (χ1n) is 5.97.